The normalized spacial score (nSPS) is 11.8. The van der Waals surface area contributed by atoms with Crippen LogP contribution in [0.25, 0.3) is 0 Å². The van der Waals surface area contributed by atoms with Gasteiger partial charge >= 0.3 is 18.2 Å². The van der Waals surface area contributed by atoms with E-state index >= 15 is 0 Å². The summed E-state index contributed by atoms with van der Waals surface area (Å²) in [6.07, 6.45) is -1.74. The number of carbonyl (C=O) groups excluding carboxylic acids is 5. The van der Waals surface area contributed by atoms with Crippen molar-refractivity contribution in [3.05, 3.63) is 71.8 Å². The summed E-state index contributed by atoms with van der Waals surface area (Å²) in [6.45, 7) is 1.89. The molecule has 0 aliphatic carbocycles. The van der Waals surface area contributed by atoms with Crippen LogP contribution in [0.5, 0.6) is 0 Å². The molecule has 2 aromatic rings. The second kappa shape index (κ2) is 18.7. The summed E-state index contributed by atoms with van der Waals surface area (Å²) in [7, 11) is 2.74. The van der Waals surface area contributed by atoms with Gasteiger partial charge in [0.05, 0.1) is 19.6 Å². The van der Waals surface area contributed by atoms with Crippen molar-refractivity contribution >= 4 is 30.0 Å². The summed E-state index contributed by atoms with van der Waals surface area (Å²) < 4.78 is 15.2. The van der Waals surface area contributed by atoms with Crippen molar-refractivity contribution in [2.24, 2.45) is 0 Å². The lowest BCUT2D eigenvalue weighted by Gasteiger charge is -2.26. The first-order valence-corrected chi connectivity index (χ1v) is 13.5. The molecule has 0 saturated carbocycles. The van der Waals surface area contributed by atoms with Crippen molar-refractivity contribution in [1.82, 2.24) is 26.2 Å². The molecule has 13 nitrogen and oxygen atoms in total. The average Bonchev–Trinajstić information content (AvgIpc) is 3.01. The van der Waals surface area contributed by atoms with E-state index in [4.69, 9.17) is 14.2 Å². The van der Waals surface area contributed by atoms with Crippen LogP contribution in [0.15, 0.2) is 60.7 Å². The Hall–Kier alpha value is -4.65. The molecule has 0 spiro atoms. The quantitative estimate of drug-likeness (QED) is 0.168. The second-order valence-corrected chi connectivity index (χ2v) is 9.16. The highest BCUT2D eigenvalue weighted by atomic mass is 16.6. The summed E-state index contributed by atoms with van der Waals surface area (Å²) in [6, 6.07) is 16.4. The van der Waals surface area contributed by atoms with Crippen LogP contribution in [-0.2, 0) is 41.8 Å². The maximum atomic E-state index is 13.2. The van der Waals surface area contributed by atoms with E-state index in [-0.39, 0.29) is 39.4 Å². The Morgan fingerprint density at radius 1 is 0.786 bits per heavy atom. The zero-order valence-corrected chi connectivity index (χ0v) is 24.1. The highest BCUT2D eigenvalue weighted by molar-refractivity contribution is 5.91. The number of nitrogens with one attached hydrogen (secondary N) is 4. The van der Waals surface area contributed by atoms with Crippen LogP contribution in [0.4, 0.5) is 9.59 Å². The molecule has 0 radical (unpaired) electrons. The lowest BCUT2D eigenvalue weighted by Crippen LogP contribution is -2.51. The Bertz CT molecular complexity index is 1090. The molecule has 13 heteroatoms. The Kier molecular flexibility index (Phi) is 14.9. The predicted molar refractivity (Wildman–Crippen MR) is 153 cm³/mol. The molecule has 42 heavy (non-hydrogen) atoms. The molecular formula is C29H39N5O8. The van der Waals surface area contributed by atoms with Gasteiger partial charge in [0.2, 0.25) is 11.8 Å². The van der Waals surface area contributed by atoms with Gasteiger partial charge in [0.25, 0.3) is 0 Å². The molecule has 0 aliphatic heterocycles. The average molecular weight is 586 g/mol. The van der Waals surface area contributed by atoms with Crippen LogP contribution < -0.4 is 21.3 Å². The lowest BCUT2D eigenvalue weighted by molar-refractivity contribution is -0.148. The molecule has 2 aromatic carbocycles. The van der Waals surface area contributed by atoms with Crippen molar-refractivity contribution in [2.45, 2.75) is 38.6 Å². The van der Waals surface area contributed by atoms with E-state index in [1.807, 2.05) is 60.7 Å². The molecule has 0 saturated heterocycles. The largest absolute Gasteiger partial charge is 0.467 e. The van der Waals surface area contributed by atoms with Crippen LogP contribution in [0, 0.1) is 0 Å². The van der Waals surface area contributed by atoms with Crippen molar-refractivity contribution in [2.75, 3.05) is 40.3 Å². The summed E-state index contributed by atoms with van der Waals surface area (Å²) in [5.41, 5.74) is 1.64. The zero-order valence-electron chi connectivity index (χ0n) is 24.1. The Labute approximate surface area is 245 Å². The van der Waals surface area contributed by atoms with Gasteiger partial charge < -0.3 is 40.4 Å². The van der Waals surface area contributed by atoms with E-state index in [2.05, 4.69) is 21.3 Å². The number of benzene rings is 2. The Morgan fingerprint density at radius 2 is 1.26 bits per heavy atom. The second-order valence-electron chi connectivity index (χ2n) is 9.16. The van der Waals surface area contributed by atoms with Crippen LogP contribution in [0.3, 0.4) is 0 Å². The maximum Gasteiger partial charge on any atom is 0.407 e. The number of amides is 4. The lowest BCUT2D eigenvalue weighted by atomic mass is 10.1. The monoisotopic (exact) mass is 585 g/mol. The number of rotatable bonds is 16. The zero-order chi connectivity index (χ0) is 30.7. The predicted octanol–water partition coefficient (Wildman–Crippen LogP) is 1.32. The highest BCUT2D eigenvalue weighted by Gasteiger charge is 2.28. The number of esters is 1. The molecule has 0 unspecified atom stereocenters. The third kappa shape index (κ3) is 12.7. The van der Waals surface area contributed by atoms with Crippen molar-refractivity contribution in [3.63, 3.8) is 0 Å². The molecule has 0 aromatic heterocycles. The highest BCUT2D eigenvalue weighted by Crippen LogP contribution is 2.04. The van der Waals surface area contributed by atoms with E-state index in [9.17, 15) is 24.0 Å². The standard InChI is InChI=1S/C29H39N5O8/c1-21(30-2)26(36)33-24(27(37)40-3)18-25(35)34(16-14-31-28(38)41-19-22-10-6-4-7-11-22)17-15-32-29(39)42-20-23-12-8-5-9-13-23/h4-13,21,24,30H,14-20H2,1-3H3,(H,31,38)(H,32,39)(H,33,36)/t21-,24+/m1/s1. The molecule has 0 heterocycles. The molecule has 0 fully saturated rings. The number of hydrogen-bond donors (Lipinski definition) is 4. The number of likely N-dealkylation sites (N-methyl/N-ethyl adjacent to an activating group) is 1. The minimum absolute atomic E-state index is 0.0316. The first kappa shape index (κ1) is 33.6. The number of hydrogen-bond acceptors (Lipinski definition) is 9. The van der Waals surface area contributed by atoms with Crippen molar-refractivity contribution in [1.29, 1.82) is 0 Å². The molecule has 2 atom stereocenters. The van der Waals surface area contributed by atoms with Gasteiger partial charge in [-0.15, -0.1) is 0 Å². The van der Waals surface area contributed by atoms with Gasteiger partial charge in [0.15, 0.2) is 0 Å². The number of carbonyl (C=O) groups is 5. The minimum atomic E-state index is -1.24. The van der Waals surface area contributed by atoms with E-state index in [0.717, 1.165) is 18.2 Å². The molecule has 4 amide bonds. The van der Waals surface area contributed by atoms with Gasteiger partial charge in [-0.2, -0.15) is 0 Å². The first-order chi connectivity index (χ1) is 20.2. The van der Waals surface area contributed by atoms with Gasteiger partial charge in [0, 0.05) is 26.2 Å². The SMILES string of the molecule is CN[C@H](C)C(=O)N[C@@H](CC(=O)N(CCNC(=O)OCc1ccccc1)CCNC(=O)OCc1ccccc1)C(=O)OC. The number of methoxy groups -OCH3 is 1. The van der Waals surface area contributed by atoms with Gasteiger partial charge in [-0.1, -0.05) is 60.7 Å². The Morgan fingerprint density at radius 3 is 1.69 bits per heavy atom. The molecule has 2 rings (SSSR count). The van der Waals surface area contributed by atoms with Crippen LogP contribution in [-0.4, -0.2) is 87.3 Å². The van der Waals surface area contributed by atoms with E-state index in [1.165, 1.54) is 4.90 Å². The van der Waals surface area contributed by atoms with E-state index < -0.39 is 48.5 Å². The van der Waals surface area contributed by atoms with Crippen LogP contribution in [0.2, 0.25) is 0 Å². The summed E-state index contributed by atoms with van der Waals surface area (Å²) in [5.74, 6) is -1.79. The minimum Gasteiger partial charge on any atom is -0.467 e. The number of ether oxygens (including phenoxy) is 3. The smallest absolute Gasteiger partial charge is 0.407 e. The first-order valence-electron chi connectivity index (χ1n) is 13.5. The topological polar surface area (TPSA) is 164 Å². The summed E-state index contributed by atoms with van der Waals surface area (Å²) >= 11 is 0. The van der Waals surface area contributed by atoms with Crippen LogP contribution >= 0.6 is 0 Å². The fraction of sp³-hybridized carbons (Fsp3) is 0.414. The van der Waals surface area contributed by atoms with Gasteiger partial charge in [-0.05, 0) is 25.1 Å². The molecular weight excluding hydrogens is 546 g/mol. The van der Waals surface area contributed by atoms with E-state index in [1.54, 1.807) is 14.0 Å². The van der Waals surface area contributed by atoms with Gasteiger partial charge in [0.1, 0.15) is 19.3 Å². The number of nitrogens with zero attached hydrogens (tertiary/aromatic N) is 1. The molecule has 0 bridgehead atoms. The molecule has 0 aliphatic rings. The van der Waals surface area contributed by atoms with Gasteiger partial charge in [-0.3, -0.25) is 9.59 Å². The van der Waals surface area contributed by atoms with Gasteiger partial charge in [-0.25, -0.2) is 14.4 Å². The fourth-order valence-electron chi connectivity index (χ4n) is 3.56. The summed E-state index contributed by atoms with van der Waals surface area (Å²) in [5, 5.41) is 10.4. The number of alkyl carbamates (subject to hydrolysis) is 2. The van der Waals surface area contributed by atoms with Crippen LogP contribution in [0.1, 0.15) is 24.5 Å². The Balaban J connectivity index is 1.95. The molecule has 4 N–H and O–H groups in total. The molecule has 228 valence electrons. The third-order valence-electron chi connectivity index (χ3n) is 6.09. The summed E-state index contributed by atoms with van der Waals surface area (Å²) in [4.78, 5) is 63.6. The van der Waals surface area contributed by atoms with E-state index in [0.29, 0.717) is 0 Å². The third-order valence-corrected chi connectivity index (χ3v) is 6.09. The fourth-order valence-corrected chi connectivity index (χ4v) is 3.56. The maximum absolute atomic E-state index is 13.2. The van der Waals surface area contributed by atoms with Crippen molar-refractivity contribution < 1.29 is 38.2 Å². The van der Waals surface area contributed by atoms with Crippen molar-refractivity contribution in [3.8, 4) is 0 Å².